The third-order valence-electron chi connectivity index (χ3n) is 3.79. The van der Waals surface area contributed by atoms with Crippen LogP contribution in [-0.4, -0.2) is 5.91 Å². The quantitative estimate of drug-likeness (QED) is 0.543. The van der Waals surface area contributed by atoms with Crippen LogP contribution in [0.15, 0.2) is 36.4 Å². The topological polar surface area (TPSA) is 29.1 Å². The highest BCUT2D eigenvalue weighted by atomic mass is 127. The van der Waals surface area contributed by atoms with Gasteiger partial charge in [-0.25, -0.2) is 0 Å². The molecule has 2 aromatic carbocycles. The lowest BCUT2D eigenvalue weighted by atomic mass is 9.92. The van der Waals surface area contributed by atoms with Crippen molar-refractivity contribution in [1.29, 1.82) is 0 Å². The molecule has 2 nitrogen and oxygen atoms in total. The highest BCUT2D eigenvalue weighted by molar-refractivity contribution is 14.1. The standard InChI is InChI=1S/C19H21ClINO/c1-11(2)14-6-5-7-15(12(3)4)18(14)22-19(23)16-9-8-13(20)10-17(16)21/h5-12H,1-4H3,(H,22,23). The van der Waals surface area contributed by atoms with E-state index in [0.717, 1.165) is 20.4 Å². The maximum absolute atomic E-state index is 12.7. The number of halogens is 2. The zero-order valence-electron chi connectivity index (χ0n) is 13.8. The van der Waals surface area contributed by atoms with Crippen molar-refractivity contribution in [2.24, 2.45) is 0 Å². The molecule has 0 unspecified atom stereocenters. The molecule has 0 aliphatic carbocycles. The number of para-hydroxylation sites is 1. The molecule has 0 aliphatic rings. The Kier molecular flexibility index (Phi) is 6.09. The second kappa shape index (κ2) is 7.67. The van der Waals surface area contributed by atoms with Crippen molar-refractivity contribution in [3.8, 4) is 0 Å². The van der Waals surface area contributed by atoms with Crippen molar-refractivity contribution in [3.63, 3.8) is 0 Å². The normalized spacial score (nSPS) is 11.1. The van der Waals surface area contributed by atoms with Gasteiger partial charge in [-0.3, -0.25) is 4.79 Å². The Morgan fingerprint density at radius 2 is 1.61 bits per heavy atom. The smallest absolute Gasteiger partial charge is 0.256 e. The zero-order valence-corrected chi connectivity index (χ0v) is 16.7. The van der Waals surface area contributed by atoms with Gasteiger partial charge < -0.3 is 5.32 Å². The summed E-state index contributed by atoms with van der Waals surface area (Å²) in [5.74, 6) is 0.586. The second-order valence-electron chi connectivity index (χ2n) is 6.20. The van der Waals surface area contributed by atoms with Crippen molar-refractivity contribution in [3.05, 3.63) is 61.7 Å². The maximum Gasteiger partial charge on any atom is 0.256 e. The summed E-state index contributed by atoms with van der Waals surface area (Å²) in [6.45, 7) is 8.56. The fourth-order valence-corrected chi connectivity index (χ4v) is 3.67. The van der Waals surface area contributed by atoms with Crippen LogP contribution in [0.5, 0.6) is 0 Å². The first-order valence-electron chi connectivity index (χ1n) is 7.70. The van der Waals surface area contributed by atoms with Crippen LogP contribution in [0.1, 0.15) is 61.0 Å². The van der Waals surface area contributed by atoms with Gasteiger partial charge in [-0.2, -0.15) is 0 Å². The number of carbonyl (C=O) groups excluding carboxylic acids is 1. The highest BCUT2D eigenvalue weighted by Gasteiger charge is 2.18. The third-order valence-corrected chi connectivity index (χ3v) is 4.91. The number of rotatable bonds is 4. The van der Waals surface area contributed by atoms with Crippen LogP contribution in [0.2, 0.25) is 5.02 Å². The summed E-state index contributed by atoms with van der Waals surface area (Å²) >= 11 is 8.12. The molecule has 0 aliphatic heterocycles. The average molecular weight is 442 g/mol. The van der Waals surface area contributed by atoms with Gasteiger partial charge in [0, 0.05) is 14.3 Å². The fraction of sp³-hybridized carbons (Fsp3) is 0.316. The van der Waals surface area contributed by atoms with Crippen LogP contribution in [0.25, 0.3) is 0 Å². The van der Waals surface area contributed by atoms with E-state index < -0.39 is 0 Å². The Morgan fingerprint density at radius 3 is 2.09 bits per heavy atom. The van der Waals surface area contributed by atoms with Gasteiger partial charge in [0.25, 0.3) is 5.91 Å². The lowest BCUT2D eigenvalue weighted by molar-refractivity contribution is 0.102. The van der Waals surface area contributed by atoms with Crippen LogP contribution in [0.3, 0.4) is 0 Å². The van der Waals surface area contributed by atoms with Crippen molar-refractivity contribution in [2.75, 3.05) is 5.32 Å². The summed E-state index contributed by atoms with van der Waals surface area (Å²) < 4.78 is 0.848. The Balaban J connectivity index is 2.44. The van der Waals surface area contributed by atoms with E-state index in [0.29, 0.717) is 22.4 Å². The Labute approximate surface area is 156 Å². The predicted octanol–water partition coefficient (Wildman–Crippen LogP) is 6.44. The zero-order chi connectivity index (χ0) is 17.1. The number of nitrogens with one attached hydrogen (secondary N) is 1. The lowest BCUT2D eigenvalue weighted by Crippen LogP contribution is -2.17. The van der Waals surface area contributed by atoms with E-state index in [9.17, 15) is 4.79 Å². The van der Waals surface area contributed by atoms with Crippen molar-refractivity contribution >= 4 is 45.8 Å². The highest BCUT2D eigenvalue weighted by Crippen LogP contribution is 2.33. The minimum absolute atomic E-state index is 0.0962. The van der Waals surface area contributed by atoms with Gasteiger partial charge in [0.2, 0.25) is 0 Å². The molecule has 4 heteroatoms. The van der Waals surface area contributed by atoms with Crippen LogP contribution < -0.4 is 5.32 Å². The number of benzene rings is 2. The number of anilines is 1. The molecule has 0 radical (unpaired) electrons. The molecule has 0 heterocycles. The van der Waals surface area contributed by atoms with Gasteiger partial charge >= 0.3 is 0 Å². The predicted molar refractivity (Wildman–Crippen MR) is 107 cm³/mol. The summed E-state index contributed by atoms with van der Waals surface area (Å²) in [6.07, 6.45) is 0. The molecule has 1 N–H and O–H groups in total. The van der Waals surface area contributed by atoms with E-state index >= 15 is 0 Å². The number of carbonyl (C=O) groups is 1. The third kappa shape index (κ3) is 4.27. The van der Waals surface area contributed by atoms with Crippen LogP contribution in [-0.2, 0) is 0 Å². The monoisotopic (exact) mass is 441 g/mol. The number of hydrogen-bond acceptors (Lipinski definition) is 1. The van der Waals surface area contributed by atoms with Gasteiger partial charge in [0.1, 0.15) is 0 Å². The van der Waals surface area contributed by atoms with E-state index in [4.69, 9.17) is 11.6 Å². The molecule has 0 spiro atoms. The maximum atomic E-state index is 12.7. The summed E-state index contributed by atoms with van der Waals surface area (Å²) in [6, 6.07) is 11.5. The van der Waals surface area contributed by atoms with Crippen LogP contribution in [0, 0.1) is 3.57 Å². The Hall–Kier alpha value is -1.07. The van der Waals surface area contributed by atoms with E-state index in [1.807, 2.05) is 0 Å². The SMILES string of the molecule is CC(C)c1cccc(C(C)C)c1NC(=O)c1ccc(Cl)cc1I. The van der Waals surface area contributed by atoms with Gasteiger partial charge in [0.05, 0.1) is 5.56 Å². The van der Waals surface area contributed by atoms with Gasteiger partial charge in [0.15, 0.2) is 0 Å². The Bertz CT molecular complexity index is 699. The van der Waals surface area contributed by atoms with E-state index in [-0.39, 0.29) is 5.91 Å². The number of hydrogen-bond donors (Lipinski definition) is 1. The molecule has 0 atom stereocenters. The van der Waals surface area contributed by atoms with E-state index in [1.165, 1.54) is 0 Å². The first kappa shape index (κ1) is 18.3. The van der Waals surface area contributed by atoms with Gasteiger partial charge in [-0.15, -0.1) is 0 Å². The Morgan fingerprint density at radius 1 is 1.04 bits per heavy atom. The molecular weight excluding hydrogens is 421 g/mol. The molecule has 0 bridgehead atoms. The summed E-state index contributed by atoms with van der Waals surface area (Å²) in [5.41, 5.74) is 3.90. The van der Waals surface area contributed by atoms with Crippen molar-refractivity contribution in [1.82, 2.24) is 0 Å². The minimum Gasteiger partial charge on any atom is -0.321 e. The molecule has 2 rings (SSSR count). The second-order valence-corrected chi connectivity index (χ2v) is 7.80. The molecule has 23 heavy (non-hydrogen) atoms. The first-order chi connectivity index (χ1) is 10.8. The summed E-state index contributed by atoms with van der Waals surface area (Å²) in [5, 5.41) is 3.77. The molecule has 0 fully saturated rings. The van der Waals surface area contributed by atoms with Crippen LogP contribution in [0.4, 0.5) is 5.69 Å². The molecular formula is C19H21ClINO. The first-order valence-corrected chi connectivity index (χ1v) is 9.16. The minimum atomic E-state index is -0.0962. The summed E-state index contributed by atoms with van der Waals surface area (Å²) in [7, 11) is 0. The lowest BCUT2D eigenvalue weighted by Gasteiger charge is -2.20. The summed E-state index contributed by atoms with van der Waals surface area (Å²) in [4.78, 5) is 12.7. The largest absolute Gasteiger partial charge is 0.321 e. The fourth-order valence-electron chi connectivity index (χ4n) is 2.55. The molecule has 0 saturated heterocycles. The van der Waals surface area contributed by atoms with E-state index in [1.54, 1.807) is 18.2 Å². The van der Waals surface area contributed by atoms with Gasteiger partial charge in [-0.05, 0) is 63.8 Å². The van der Waals surface area contributed by atoms with E-state index in [2.05, 4.69) is 73.8 Å². The molecule has 0 saturated carbocycles. The molecule has 0 aromatic heterocycles. The molecule has 2 aromatic rings. The average Bonchev–Trinajstić information content (AvgIpc) is 2.46. The van der Waals surface area contributed by atoms with Crippen molar-refractivity contribution < 1.29 is 4.79 Å². The van der Waals surface area contributed by atoms with Crippen LogP contribution >= 0.6 is 34.2 Å². The number of amides is 1. The molecule has 122 valence electrons. The van der Waals surface area contributed by atoms with Crippen molar-refractivity contribution in [2.45, 2.75) is 39.5 Å². The van der Waals surface area contributed by atoms with Gasteiger partial charge in [-0.1, -0.05) is 57.5 Å². The molecule has 1 amide bonds.